The SMILES string of the molecule is CCOC(=O)CC1CCN(C(=O)c2ccccc2)CC1C. The minimum atomic E-state index is -0.128. The van der Waals surface area contributed by atoms with Crippen LogP contribution < -0.4 is 0 Å². The first kappa shape index (κ1) is 15.5. The van der Waals surface area contributed by atoms with E-state index >= 15 is 0 Å². The molecule has 1 aromatic rings. The molecule has 0 spiro atoms. The van der Waals surface area contributed by atoms with Crippen molar-refractivity contribution in [1.29, 1.82) is 0 Å². The molecule has 0 N–H and O–H groups in total. The molecular formula is C17H23NO3. The van der Waals surface area contributed by atoms with Crippen LogP contribution in [-0.2, 0) is 9.53 Å². The lowest BCUT2D eigenvalue weighted by Crippen LogP contribution is -2.43. The summed E-state index contributed by atoms with van der Waals surface area (Å²) in [7, 11) is 0. The summed E-state index contributed by atoms with van der Waals surface area (Å²) in [6.45, 7) is 5.77. The fraction of sp³-hybridized carbons (Fsp3) is 0.529. The van der Waals surface area contributed by atoms with E-state index in [-0.39, 0.29) is 11.9 Å². The minimum Gasteiger partial charge on any atom is -0.466 e. The van der Waals surface area contributed by atoms with Crippen LogP contribution in [0.15, 0.2) is 30.3 Å². The highest BCUT2D eigenvalue weighted by molar-refractivity contribution is 5.94. The molecular weight excluding hydrogens is 266 g/mol. The number of piperidine rings is 1. The zero-order valence-electron chi connectivity index (χ0n) is 12.7. The van der Waals surface area contributed by atoms with Gasteiger partial charge in [0.05, 0.1) is 6.61 Å². The van der Waals surface area contributed by atoms with E-state index < -0.39 is 0 Å². The van der Waals surface area contributed by atoms with Crippen molar-refractivity contribution < 1.29 is 14.3 Å². The normalized spacial score (nSPS) is 21.9. The van der Waals surface area contributed by atoms with E-state index in [1.165, 1.54) is 0 Å². The third-order valence-electron chi connectivity index (χ3n) is 4.13. The number of likely N-dealkylation sites (tertiary alicyclic amines) is 1. The van der Waals surface area contributed by atoms with Gasteiger partial charge in [-0.3, -0.25) is 9.59 Å². The van der Waals surface area contributed by atoms with Gasteiger partial charge in [-0.05, 0) is 37.3 Å². The van der Waals surface area contributed by atoms with E-state index in [2.05, 4.69) is 6.92 Å². The number of carbonyl (C=O) groups is 2. The number of carbonyl (C=O) groups excluding carboxylic acids is 2. The molecule has 0 bridgehead atoms. The maximum atomic E-state index is 12.4. The summed E-state index contributed by atoms with van der Waals surface area (Å²) < 4.78 is 5.02. The molecule has 1 fully saturated rings. The van der Waals surface area contributed by atoms with E-state index in [1.54, 1.807) is 0 Å². The number of benzene rings is 1. The smallest absolute Gasteiger partial charge is 0.306 e. The average molecular weight is 289 g/mol. The Bertz CT molecular complexity index is 486. The summed E-state index contributed by atoms with van der Waals surface area (Å²) in [5, 5.41) is 0. The molecule has 0 aromatic heterocycles. The summed E-state index contributed by atoms with van der Waals surface area (Å²) in [5.74, 6) is 0.578. The summed E-state index contributed by atoms with van der Waals surface area (Å²) in [6.07, 6.45) is 1.32. The second-order valence-corrected chi connectivity index (χ2v) is 5.65. The van der Waals surface area contributed by atoms with Crippen LogP contribution in [0.2, 0.25) is 0 Å². The van der Waals surface area contributed by atoms with Gasteiger partial charge in [0.25, 0.3) is 5.91 Å². The Morgan fingerprint density at radius 1 is 1.29 bits per heavy atom. The molecule has 1 aliphatic heterocycles. The number of hydrogen-bond donors (Lipinski definition) is 0. The van der Waals surface area contributed by atoms with Crippen molar-refractivity contribution in [3.63, 3.8) is 0 Å². The lowest BCUT2D eigenvalue weighted by molar-refractivity contribution is -0.145. The molecule has 2 unspecified atom stereocenters. The molecule has 0 aliphatic carbocycles. The monoisotopic (exact) mass is 289 g/mol. The van der Waals surface area contributed by atoms with Crippen LogP contribution in [0.25, 0.3) is 0 Å². The summed E-state index contributed by atoms with van der Waals surface area (Å²) in [4.78, 5) is 25.9. The fourth-order valence-corrected chi connectivity index (χ4v) is 2.88. The molecule has 21 heavy (non-hydrogen) atoms. The van der Waals surface area contributed by atoms with E-state index in [9.17, 15) is 9.59 Å². The molecule has 0 saturated carbocycles. The van der Waals surface area contributed by atoms with Crippen LogP contribution in [0.4, 0.5) is 0 Å². The predicted octanol–water partition coefficient (Wildman–Crippen LogP) is 2.74. The van der Waals surface area contributed by atoms with Gasteiger partial charge in [-0.1, -0.05) is 25.1 Å². The van der Waals surface area contributed by atoms with Crippen LogP contribution in [0.1, 0.15) is 37.0 Å². The van der Waals surface area contributed by atoms with Crippen molar-refractivity contribution in [1.82, 2.24) is 4.90 Å². The molecule has 1 aliphatic rings. The molecule has 1 heterocycles. The van der Waals surface area contributed by atoms with Crippen LogP contribution >= 0.6 is 0 Å². The van der Waals surface area contributed by atoms with Gasteiger partial charge >= 0.3 is 5.97 Å². The highest BCUT2D eigenvalue weighted by atomic mass is 16.5. The molecule has 2 atom stereocenters. The lowest BCUT2D eigenvalue weighted by atomic mass is 9.84. The molecule has 4 nitrogen and oxygen atoms in total. The van der Waals surface area contributed by atoms with Gasteiger partial charge in [0.2, 0.25) is 0 Å². The minimum absolute atomic E-state index is 0.0806. The quantitative estimate of drug-likeness (QED) is 0.801. The third kappa shape index (κ3) is 4.06. The third-order valence-corrected chi connectivity index (χ3v) is 4.13. The van der Waals surface area contributed by atoms with Gasteiger partial charge in [0.1, 0.15) is 0 Å². The van der Waals surface area contributed by atoms with E-state index in [1.807, 2.05) is 42.2 Å². The average Bonchev–Trinajstić information content (AvgIpc) is 2.50. The largest absolute Gasteiger partial charge is 0.466 e. The maximum Gasteiger partial charge on any atom is 0.306 e. The van der Waals surface area contributed by atoms with Gasteiger partial charge in [-0.15, -0.1) is 0 Å². The standard InChI is InChI=1S/C17H23NO3/c1-3-21-16(19)11-15-9-10-18(12-13(15)2)17(20)14-7-5-4-6-8-14/h4-8,13,15H,3,9-12H2,1-2H3. The maximum absolute atomic E-state index is 12.4. The molecule has 2 rings (SSSR count). The number of amides is 1. The Morgan fingerprint density at radius 2 is 2.00 bits per heavy atom. The van der Waals surface area contributed by atoms with Crippen molar-refractivity contribution in [3.05, 3.63) is 35.9 Å². The first-order valence-electron chi connectivity index (χ1n) is 7.61. The van der Waals surface area contributed by atoms with Gasteiger partial charge in [-0.25, -0.2) is 0 Å². The molecule has 1 amide bonds. The van der Waals surface area contributed by atoms with E-state index in [0.717, 1.165) is 12.0 Å². The van der Waals surface area contributed by atoms with Crippen LogP contribution in [0.5, 0.6) is 0 Å². The van der Waals surface area contributed by atoms with Crippen molar-refractivity contribution in [3.8, 4) is 0 Å². The van der Waals surface area contributed by atoms with Crippen molar-refractivity contribution in [2.75, 3.05) is 19.7 Å². The molecule has 1 aromatic carbocycles. The van der Waals surface area contributed by atoms with Crippen molar-refractivity contribution in [2.24, 2.45) is 11.8 Å². The molecule has 0 radical (unpaired) electrons. The van der Waals surface area contributed by atoms with Gasteiger partial charge in [0.15, 0.2) is 0 Å². The second-order valence-electron chi connectivity index (χ2n) is 5.65. The lowest BCUT2D eigenvalue weighted by Gasteiger charge is -2.36. The Hall–Kier alpha value is -1.84. The predicted molar refractivity (Wildman–Crippen MR) is 80.9 cm³/mol. The molecule has 1 saturated heterocycles. The van der Waals surface area contributed by atoms with Crippen molar-refractivity contribution in [2.45, 2.75) is 26.7 Å². The zero-order chi connectivity index (χ0) is 15.2. The molecule has 4 heteroatoms. The van der Waals surface area contributed by atoms with E-state index in [4.69, 9.17) is 4.74 Å². The number of esters is 1. The summed E-state index contributed by atoms with van der Waals surface area (Å²) in [6, 6.07) is 9.36. The fourth-order valence-electron chi connectivity index (χ4n) is 2.88. The Morgan fingerprint density at radius 3 is 2.62 bits per heavy atom. The Balaban J connectivity index is 1.91. The number of nitrogens with zero attached hydrogens (tertiary/aromatic N) is 1. The zero-order valence-corrected chi connectivity index (χ0v) is 12.7. The highest BCUT2D eigenvalue weighted by Gasteiger charge is 2.30. The number of ether oxygens (including phenoxy) is 1. The first-order chi connectivity index (χ1) is 10.1. The number of rotatable bonds is 4. The van der Waals surface area contributed by atoms with Crippen LogP contribution in [-0.4, -0.2) is 36.5 Å². The van der Waals surface area contributed by atoms with Crippen LogP contribution in [0, 0.1) is 11.8 Å². The van der Waals surface area contributed by atoms with Gasteiger partial charge in [-0.2, -0.15) is 0 Å². The Labute approximate surface area is 126 Å². The molecule has 114 valence electrons. The first-order valence-corrected chi connectivity index (χ1v) is 7.61. The second kappa shape index (κ2) is 7.25. The summed E-state index contributed by atoms with van der Waals surface area (Å²) in [5.41, 5.74) is 0.730. The van der Waals surface area contributed by atoms with E-state index in [0.29, 0.717) is 38.0 Å². The topological polar surface area (TPSA) is 46.6 Å². The Kier molecular flexibility index (Phi) is 5.37. The van der Waals surface area contributed by atoms with Crippen molar-refractivity contribution >= 4 is 11.9 Å². The van der Waals surface area contributed by atoms with Crippen LogP contribution in [0.3, 0.4) is 0 Å². The number of hydrogen-bond acceptors (Lipinski definition) is 3. The van der Waals surface area contributed by atoms with Gasteiger partial charge in [0, 0.05) is 25.1 Å². The highest BCUT2D eigenvalue weighted by Crippen LogP contribution is 2.27. The summed E-state index contributed by atoms with van der Waals surface area (Å²) >= 11 is 0. The van der Waals surface area contributed by atoms with Gasteiger partial charge < -0.3 is 9.64 Å².